The number of rotatable bonds is 1. The van der Waals surface area contributed by atoms with Gasteiger partial charge < -0.3 is 4.74 Å². The van der Waals surface area contributed by atoms with Gasteiger partial charge >= 0.3 is 0 Å². The van der Waals surface area contributed by atoms with Crippen LogP contribution in [0.25, 0.3) is 0 Å². The number of hydrogen-bond acceptors (Lipinski definition) is 3. The first-order valence-corrected chi connectivity index (χ1v) is 4.72. The Hall–Kier alpha value is -0.700. The van der Waals surface area contributed by atoms with Crippen LogP contribution in [0.3, 0.4) is 0 Å². The first kappa shape index (κ1) is 7.68. The van der Waals surface area contributed by atoms with Crippen LogP contribution in [0, 0.1) is 17.3 Å². The van der Waals surface area contributed by atoms with Crippen LogP contribution in [-0.2, 0) is 14.3 Å². The molecule has 2 bridgehead atoms. The van der Waals surface area contributed by atoms with Crippen molar-refractivity contribution in [1.29, 1.82) is 0 Å². The maximum absolute atomic E-state index is 11.8. The second kappa shape index (κ2) is 1.73. The van der Waals surface area contributed by atoms with Gasteiger partial charge in [-0.2, -0.15) is 0 Å². The molecule has 0 N–H and O–H groups in total. The molecule has 1 saturated heterocycles. The second-order valence-electron chi connectivity index (χ2n) is 5.03. The summed E-state index contributed by atoms with van der Waals surface area (Å²) >= 11 is 0. The fourth-order valence-corrected chi connectivity index (χ4v) is 3.10. The number of epoxide rings is 1. The number of ether oxygens (including phenoxy) is 1. The fourth-order valence-electron chi connectivity index (χ4n) is 3.10. The van der Waals surface area contributed by atoms with E-state index in [9.17, 15) is 9.59 Å². The zero-order chi connectivity index (χ0) is 9.43. The molecule has 4 atom stereocenters. The van der Waals surface area contributed by atoms with Crippen LogP contribution in [0.1, 0.15) is 20.3 Å². The van der Waals surface area contributed by atoms with Gasteiger partial charge in [0.1, 0.15) is 6.10 Å². The highest BCUT2D eigenvalue weighted by Gasteiger charge is 2.79. The van der Waals surface area contributed by atoms with Gasteiger partial charge in [0.25, 0.3) is 0 Å². The standard InChI is InChI=1S/C10H12O3/c1-9(2)5-3-6(9)8-10(4-11,13-8)7(5)12/h4-6,8H,3H2,1-2H3/t5-,6+,8-,10+/m0/s1. The van der Waals surface area contributed by atoms with Gasteiger partial charge in [0.2, 0.25) is 5.60 Å². The van der Waals surface area contributed by atoms with Crippen molar-refractivity contribution in [3.8, 4) is 0 Å². The van der Waals surface area contributed by atoms with Crippen LogP contribution in [0.15, 0.2) is 0 Å². The lowest BCUT2D eigenvalue weighted by atomic mass is 9.46. The van der Waals surface area contributed by atoms with Gasteiger partial charge in [-0.25, -0.2) is 0 Å². The molecule has 1 heterocycles. The van der Waals surface area contributed by atoms with E-state index in [0.29, 0.717) is 12.2 Å². The predicted octanol–water partition coefficient (Wildman–Crippen LogP) is 0.568. The first-order chi connectivity index (χ1) is 6.04. The summed E-state index contributed by atoms with van der Waals surface area (Å²) in [6.45, 7) is 4.19. The van der Waals surface area contributed by atoms with Crippen molar-refractivity contribution < 1.29 is 14.3 Å². The van der Waals surface area contributed by atoms with E-state index in [0.717, 1.165) is 6.42 Å². The number of carbonyl (C=O) groups excluding carboxylic acids is 2. The maximum atomic E-state index is 11.8. The molecule has 3 nitrogen and oxygen atoms in total. The minimum absolute atomic E-state index is 0.0278. The molecule has 0 spiro atoms. The van der Waals surface area contributed by atoms with E-state index < -0.39 is 5.60 Å². The summed E-state index contributed by atoms with van der Waals surface area (Å²) in [5.41, 5.74) is -0.937. The van der Waals surface area contributed by atoms with Crippen molar-refractivity contribution in [2.45, 2.75) is 32.0 Å². The van der Waals surface area contributed by atoms with Gasteiger partial charge in [-0.1, -0.05) is 13.8 Å². The third-order valence-corrected chi connectivity index (χ3v) is 4.27. The van der Waals surface area contributed by atoms with E-state index >= 15 is 0 Å². The lowest BCUT2D eigenvalue weighted by Crippen LogP contribution is -2.61. The Kier molecular flexibility index (Phi) is 1.02. The Morgan fingerprint density at radius 1 is 1.54 bits per heavy atom. The Balaban J connectivity index is 2.04. The molecule has 1 aliphatic heterocycles. The number of Topliss-reactive ketones (excluding diaryl/α,β-unsaturated/α-hetero) is 1. The number of carbonyl (C=O) groups is 2. The summed E-state index contributed by atoms with van der Waals surface area (Å²) in [6, 6.07) is 0. The van der Waals surface area contributed by atoms with E-state index in [1.807, 2.05) is 0 Å². The third kappa shape index (κ3) is 0.573. The first-order valence-electron chi connectivity index (χ1n) is 4.72. The summed E-state index contributed by atoms with van der Waals surface area (Å²) in [4.78, 5) is 22.6. The Morgan fingerprint density at radius 2 is 2.23 bits per heavy atom. The number of hydrogen-bond donors (Lipinski definition) is 0. The highest BCUT2D eigenvalue weighted by Crippen LogP contribution is 2.67. The predicted molar refractivity (Wildman–Crippen MR) is 44.1 cm³/mol. The van der Waals surface area contributed by atoms with Crippen molar-refractivity contribution >= 4 is 12.1 Å². The lowest BCUT2D eigenvalue weighted by Gasteiger charge is -2.54. The number of aldehydes is 1. The second-order valence-corrected chi connectivity index (χ2v) is 5.03. The number of ketones is 1. The molecule has 0 aromatic heterocycles. The van der Waals surface area contributed by atoms with Crippen LogP contribution in [-0.4, -0.2) is 23.8 Å². The molecule has 4 rings (SSSR count). The average Bonchev–Trinajstić information content (AvgIpc) is 2.80. The quantitative estimate of drug-likeness (QED) is 0.336. The molecule has 3 aliphatic carbocycles. The molecule has 13 heavy (non-hydrogen) atoms. The van der Waals surface area contributed by atoms with Crippen molar-refractivity contribution in [2.24, 2.45) is 17.3 Å². The van der Waals surface area contributed by atoms with E-state index in [-0.39, 0.29) is 23.2 Å². The molecular formula is C10H12O3. The summed E-state index contributed by atoms with van der Waals surface area (Å²) in [5.74, 6) is 0.502. The van der Waals surface area contributed by atoms with Crippen molar-refractivity contribution in [1.82, 2.24) is 0 Å². The van der Waals surface area contributed by atoms with E-state index in [1.54, 1.807) is 0 Å². The minimum atomic E-state index is -0.997. The molecule has 0 radical (unpaired) electrons. The van der Waals surface area contributed by atoms with Crippen LogP contribution >= 0.6 is 0 Å². The highest BCUT2D eigenvalue weighted by atomic mass is 16.6. The van der Waals surface area contributed by atoms with Gasteiger partial charge in [0.15, 0.2) is 12.1 Å². The summed E-state index contributed by atoms with van der Waals surface area (Å²) in [5, 5.41) is 0. The summed E-state index contributed by atoms with van der Waals surface area (Å²) in [6.07, 6.45) is 1.53. The zero-order valence-corrected chi connectivity index (χ0v) is 7.74. The molecule has 3 heteroatoms. The lowest BCUT2D eigenvalue weighted by molar-refractivity contribution is -0.150. The monoisotopic (exact) mass is 180 g/mol. The molecule has 4 aliphatic rings. The molecule has 70 valence electrons. The van der Waals surface area contributed by atoms with E-state index in [2.05, 4.69) is 13.8 Å². The summed E-state index contributed by atoms with van der Waals surface area (Å²) in [7, 11) is 0. The Bertz CT molecular complexity index is 320. The van der Waals surface area contributed by atoms with Crippen LogP contribution < -0.4 is 0 Å². The van der Waals surface area contributed by atoms with Gasteiger partial charge in [-0.3, -0.25) is 9.59 Å². The molecule has 0 unspecified atom stereocenters. The van der Waals surface area contributed by atoms with E-state index in [4.69, 9.17) is 4.74 Å². The van der Waals surface area contributed by atoms with Crippen LogP contribution in [0.5, 0.6) is 0 Å². The molecular weight excluding hydrogens is 168 g/mol. The Morgan fingerprint density at radius 3 is 2.69 bits per heavy atom. The smallest absolute Gasteiger partial charge is 0.208 e. The van der Waals surface area contributed by atoms with Crippen molar-refractivity contribution in [3.05, 3.63) is 0 Å². The van der Waals surface area contributed by atoms with Gasteiger partial charge in [-0.05, 0) is 17.8 Å². The van der Waals surface area contributed by atoms with Gasteiger partial charge in [-0.15, -0.1) is 0 Å². The molecule has 3 saturated carbocycles. The normalized spacial score (nSPS) is 54.9. The fraction of sp³-hybridized carbons (Fsp3) is 0.800. The minimum Gasteiger partial charge on any atom is -0.350 e. The largest absolute Gasteiger partial charge is 0.350 e. The van der Waals surface area contributed by atoms with Crippen LogP contribution in [0.4, 0.5) is 0 Å². The Labute approximate surface area is 76.4 Å². The van der Waals surface area contributed by atoms with E-state index in [1.165, 1.54) is 0 Å². The van der Waals surface area contributed by atoms with Crippen LogP contribution in [0.2, 0.25) is 0 Å². The third-order valence-electron chi connectivity index (χ3n) is 4.27. The molecule has 4 fully saturated rings. The molecule has 0 aromatic rings. The molecule has 0 aromatic carbocycles. The average molecular weight is 180 g/mol. The SMILES string of the molecule is CC1(C)[C@@H]2C[C@H]1C(=O)[C@@]1(C=O)O[C@@H]21. The maximum Gasteiger partial charge on any atom is 0.208 e. The van der Waals surface area contributed by atoms with Gasteiger partial charge in [0, 0.05) is 5.92 Å². The zero-order valence-electron chi connectivity index (χ0n) is 7.74. The van der Waals surface area contributed by atoms with Gasteiger partial charge in [0.05, 0.1) is 0 Å². The van der Waals surface area contributed by atoms with Crippen molar-refractivity contribution in [3.63, 3.8) is 0 Å². The highest BCUT2D eigenvalue weighted by molar-refractivity contribution is 6.09. The molecule has 0 amide bonds. The van der Waals surface area contributed by atoms with Crippen molar-refractivity contribution in [2.75, 3.05) is 0 Å². The summed E-state index contributed by atoms with van der Waals surface area (Å²) < 4.78 is 5.30. The topological polar surface area (TPSA) is 46.7 Å².